The molecule has 2 aromatic heterocycles. The highest BCUT2D eigenvalue weighted by Gasteiger charge is 2.14. The first-order valence-corrected chi connectivity index (χ1v) is 7.73. The topological polar surface area (TPSA) is 63.8 Å². The highest BCUT2D eigenvalue weighted by Crippen LogP contribution is 2.23. The predicted octanol–water partition coefficient (Wildman–Crippen LogP) is 3.00. The van der Waals surface area contributed by atoms with Crippen LogP contribution in [0.5, 0.6) is 0 Å². The third-order valence-electron chi connectivity index (χ3n) is 3.36. The fraction of sp³-hybridized carbons (Fsp3) is 0.188. The van der Waals surface area contributed by atoms with Crippen LogP contribution in [-0.4, -0.2) is 25.1 Å². The number of rotatable bonds is 4. The number of aryl methyl sites for hydroxylation is 2. The molecule has 22 heavy (non-hydrogen) atoms. The zero-order valence-corrected chi connectivity index (χ0v) is 13.2. The van der Waals surface area contributed by atoms with E-state index in [0.717, 1.165) is 27.0 Å². The number of thiazole rings is 1. The summed E-state index contributed by atoms with van der Waals surface area (Å²) in [4.78, 5) is 5.65. The van der Waals surface area contributed by atoms with Crippen molar-refractivity contribution in [1.82, 2.24) is 20.0 Å². The Morgan fingerprint density at radius 2 is 1.95 bits per heavy atom. The Labute approximate surface area is 132 Å². The van der Waals surface area contributed by atoms with Gasteiger partial charge in [0.1, 0.15) is 5.69 Å². The average molecular weight is 312 g/mol. The Balaban J connectivity index is 2.02. The van der Waals surface area contributed by atoms with Gasteiger partial charge in [-0.15, -0.1) is 5.10 Å². The van der Waals surface area contributed by atoms with E-state index in [4.69, 9.17) is 0 Å². The zero-order valence-electron chi connectivity index (χ0n) is 12.4. The summed E-state index contributed by atoms with van der Waals surface area (Å²) in [7, 11) is 0. The van der Waals surface area contributed by atoms with Crippen molar-refractivity contribution in [2.45, 2.75) is 20.5 Å². The lowest BCUT2D eigenvalue weighted by atomic mass is 10.2. The summed E-state index contributed by atoms with van der Waals surface area (Å²) in [6.45, 7) is 3.84. The fourth-order valence-electron chi connectivity index (χ4n) is 2.03. The number of nitrogens with zero attached hydrogens (tertiary/aromatic N) is 4. The molecular weight excluding hydrogens is 296 g/mol. The van der Waals surface area contributed by atoms with Crippen LogP contribution in [0.3, 0.4) is 0 Å². The van der Waals surface area contributed by atoms with E-state index >= 15 is 0 Å². The molecule has 3 aromatic rings. The number of hydrogen-bond acceptors (Lipinski definition) is 5. The van der Waals surface area contributed by atoms with Crippen molar-refractivity contribution in [3.8, 4) is 5.13 Å². The summed E-state index contributed by atoms with van der Waals surface area (Å²) in [5.74, 6) is 0. The van der Waals surface area contributed by atoms with E-state index in [-0.39, 0.29) is 6.61 Å². The summed E-state index contributed by atoms with van der Waals surface area (Å²) in [5, 5.41) is 18.4. The number of aliphatic hydroxyl groups is 1. The molecule has 112 valence electrons. The van der Waals surface area contributed by atoms with Gasteiger partial charge in [-0.1, -0.05) is 53.0 Å². The first-order valence-electron chi connectivity index (χ1n) is 6.92. The van der Waals surface area contributed by atoms with Crippen molar-refractivity contribution in [2.75, 3.05) is 0 Å². The van der Waals surface area contributed by atoms with Gasteiger partial charge >= 0.3 is 0 Å². The Morgan fingerprint density at radius 3 is 2.59 bits per heavy atom. The lowest BCUT2D eigenvalue weighted by Gasteiger charge is -1.99. The van der Waals surface area contributed by atoms with Crippen LogP contribution in [0.2, 0.25) is 0 Å². The molecule has 2 heterocycles. The van der Waals surface area contributed by atoms with Gasteiger partial charge in [0, 0.05) is 4.88 Å². The first kappa shape index (κ1) is 14.6. The largest absolute Gasteiger partial charge is 0.390 e. The summed E-state index contributed by atoms with van der Waals surface area (Å²) in [6.07, 6.45) is 3.88. The van der Waals surface area contributed by atoms with E-state index in [9.17, 15) is 5.11 Å². The highest BCUT2D eigenvalue weighted by atomic mass is 32.1. The second kappa shape index (κ2) is 6.21. The number of benzene rings is 1. The summed E-state index contributed by atoms with van der Waals surface area (Å²) in [5.41, 5.74) is 3.35. The van der Waals surface area contributed by atoms with E-state index in [1.807, 2.05) is 56.3 Å². The molecule has 0 unspecified atom stereocenters. The molecule has 0 fully saturated rings. The monoisotopic (exact) mass is 312 g/mol. The van der Waals surface area contributed by atoms with Crippen LogP contribution in [0.4, 0.5) is 0 Å². The van der Waals surface area contributed by atoms with E-state index in [2.05, 4.69) is 15.3 Å². The predicted molar refractivity (Wildman–Crippen MR) is 87.8 cm³/mol. The fourth-order valence-corrected chi connectivity index (χ4v) is 2.90. The minimum absolute atomic E-state index is 0.155. The minimum atomic E-state index is -0.155. The van der Waals surface area contributed by atoms with Crippen LogP contribution < -0.4 is 0 Å². The molecule has 1 N–H and O–H groups in total. The molecule has 0 amide bonds. The number of aromatic nitrogens is 4. The first-order chi connectivity index (χ1) is 10.7. The van der Waals surface area contributed by atoms with Gasteiger partial charge in [0.25, 0.3) is 0 Å². The maximum atomic E-state index is 9.47. The van der Waals surface area contributed by atoms with Gasteiger partial charge in [0.05, 0.1) is 18.0 Å². The van der Waals surface area contributed by atoms with Gasteiger partial charge in [-0.05, 0) is 25.5 Å². The van der Waals surface area contributed by atoms with Crippen LogP contribution in [0.1, 0.15) is 27.5 Å². The molecule has 0 saturated carbocycles. The number of aliphatic hydroxyl groups excluding tert-OH is 1. The molecule has 5 nitrogen and oxygen atoms in total. The van der Waals surface area contributed by atoms with E-state index in [1.54, 1.807) is 16.0 Å². The molecule has 0 radical (unpaired) electrons. The number of hydrogen-bond donors (Lipinski definition) is 1. The maximum absolute atomic E-state index is 9.47. The van der Waals surface area contributed by atoms with Crippen LogP contribution in [0.25, 0.3) is 17.3 Å². The van der Waals surface area contributed by atoms with Crippen molar-refractivity contribution < 1.29 is 5.11 Å². The van der Waals surface area contributed by atoms with Gasteiger partial charge in [-0.25, -0.2) is 4.98 Å². The third kappa shape index (κ3) is 2.84. The van der Waals surface area contributed by atoms with E-state index < -0.39 is 0 Å². The molecule has 0 atom stereocenters. The minimum Gasteiger partial charge on any atom is -0.390 e. The van der Waals surface area contributed by atoms with Crippen LogP contribution in [0, 0.1) is 13.8 Å². The lowest BCUT2D eigenvalue weighted by molar-refractivity contribution is 0.276. The van der Waals surface area contributed by atoms with Gasteiger partial charge in [-0.3, -0.25) is 0 Å². The molecule has 6 heteroatoms. The van der Waals surface area contributed by atoms with Gasteiger partial charge < -0.3 is 5.11 Å². The van der Waals surface area contributed by atoms with Crippen molar-refractivity contribution in [1.29, 1.82) is 0 Å². The SMILES string of the molecule is Cc1nc(-n2nnc(CO)c2/C=C/c2ccccc2)sc1C. The van der Waals surface area contributed by atoms with Gasteiger partial charge in [0.15, 0.2) is 0 Å². The molecule has 0 bridgehead atoms. The molecule has 1 aromatic carbocycles. The Hall–Kier alpha value is -2.31. The molecule has 0 spiro atoms. The Kier molecular flexibility index (Phi) is 4.13. The Morgan fingerprint density at radius 1 is 1.18 bits per heavy atom. The molecule has 0 aliphatic heterocycles. The quantitative estimate of drug-likeness (QED) is 0.804. The van der Waals surface area contributed by atoms with Gasteiger partial charge in [-0.2, -0.15) is 4.68 Å². The average Bonchev–Trinajstić information content (AvgIpc) is 3.09. The molecule has 0 aliphatic carbocycles. The van der Waals surface area contributed by atoms with Crippen LogP contribution >= 0.6 is 11.3 Å². The van der Waals surface area contributed by atoms with Crippen molar-refractivity contribution in [3.63, 3.8) is 0 Å². The van der Waals surface area contributed by atoms with Gasteiger partial charge in [0.2, 0.25) is 5.13 Å². The standard InChI is InChI=1S/C16H16N4OS/c1-11-12(2)22-16(17-11)20-15(14(10-21)18-19-20)9-8-13-6-4-3-5-7-13/h3-9,21H,10H2,1-2H3/b9-8+. The summed E-state index contributed by atoms with van der Waals surface area (Å²) in [6, 6.07) is 9.97. The van der Waals surface area contributed by atoms with Crippen LogP contribution in [0.15, 0.2) is 30.3 Å². The van der Waals surface area contributed by atoms with Crippen molar-refractivity contribution >= 4 is 23.5 Å². The van der Waals surface area contributed by atoms with E-state index in [0.29, 0.717) is 5.69 Å². The smallest absolute Gasteiger partial charge is 0.212 e. The van der Waals surface area contributed by atoms with Crippen molar-refractivity contribution in [2.24, 2.45) is 0 Å². The second-order valence-electron chi connectivity index (χ2n) is 4.87. The third-order valence-corrected chi connectivity index (χ3v) is 4.41. The van der Waals surface area contributed by atoms with Crippen molar-refractivity contribution in [3.05, 3.63) is 57.9 Å². The molecular formula is C16H16N4OS. The zero-order chi connectivity index (χ0) is 15.5. The summed E-state index contributed by atoms with van der Waals surface area (Å²) < 4.78 is 1.68. The lowest BCUT2D eigenvalue weighted by Crippen LogP contribution is -1.99. The Bertz CT molecular complexity index is 785. The molecule has 0 saturated heterocycles. The maximum Gasteiger partial charge on any atom is 0.212 e. The summed E-state index contributed by atoms with van der Waals surface area (Å²) >= 11 is 1.56. The molecule has 0 aliphatic rings. The highest BCUT2D eigenvalue weighted by molar-refractivity contribution is 7.14. The second-order valence-corrected chi connectivity index (χ2v) is 6.05. The molecule has 3 rings (SSSR count). The normalized spacial score (nSPS) is 11.4. The van der Waals surface area contributed by atoms with Crippen LogP contribution in [-0.2, 0) is 6.61 Å². The van der Waals surface area contributed by atoms with E-state index in [1.165, 1.54) is 0 Å².